The van der Waals surface area contributed by atoms with Crippen molar-refractivity contribution < 1.29 is 18.4 Å². The van der Waals surface area contributed by atoms with Crippen molar-refractivity contribution in [1.29, 1.82) is 0 Å². The summed E-state index contributed by atoms with van der Waals surface area (Å²) in [5.41, 5.74) is 0. The fourth-order valence-electron chi connectivity index (χ4n) is 0.813. The van der Waals surface area contributed by atoms with Crippen LogP contribution in [0.2, 0.25) is 0 Å². The molecule has 0 amide bonds. The second kappa shape index (κ2) is 3.48. The second-order valence-electron chi connectivity index (χ2n) is 2.45. The zero-order valence-electron chi connectivity index (χ0n) is 6.41. The molecule has 11 heavy (non-hydrogen) atoms. The Morgan fingerprint density at radius 2 is 2.00 bits per heavy atom. The first kappa shape index (κ1) is 8.91. The fraction of sp³-hybridized carbons (Fsp3) is 0.833. The summed E-state index contributed by atoms with van der Waals surface area (Å²) in [5, 5.41) is 0. The van der Waals surface area contributed by atoms with Gasteiger partial charge >= 0.3 is 7.60 Å². The number of carbonyl (C=O) groups is 1. The Balaban J connectivity index is 2.35. The monoisotopic (exact) mass is 178 g/mol. The van der Waals surface area contributed by atoms with Crippen LogP contribution in [0.3, 0.4) is 0 Å². The number of Topliss-reactive ketones (excluding diaryl/α,β-unsaturated/α-hetero) is 1. The lowest BCUT2D eigenvalue weighted by Gasteiger charge is -2.06. The highest BCUT2D eigenvalue weighted by Crippen LogP contribution is 2.51. The molecular weight excluding hydrogens is 167 g/mol. The molecule has 0 aromatic carbocycles. The summed E-state index contributed by atoms with van der Waals surface area (Å²) in [4.78, 5) is 10.5. The Hall–Kier alpha value is -0.180. The highest BCUT2D eigenvalue weighted by atomic mass is 31.2. The van der Waals surface area contributed by atoms with Crippen molar-refractivity contribution in [1.82, 2.24) is 0 Å². The molecule has 64 valence electrons. The number of hydrogen-bond acceptors (Lipinski definition) is 4. The fourth-order valence-corrected chi connectivity index (χ4v) is 2.44. The van der Waals surface area contributed by atoms with Crippen LogP contribution in [0, 0.1) is 0 Å². The van der Waals surface area contributed by atoms with Gasteiger partial charge in [-0.2, -0.15) is 0 Å². The average molecular weight is 178 g/mol. The Kier molecular flexibility index (Phi) is 2.82. The van der Waals surface area contributed by atoms with E-state index in [2.05, 4.69) is 0 Å². The van der Waals surface area contributed by atoms with Crippen molar-refractivity contribution in [2.24, 2.45) is 0 Å². The van der Waals surface area contributed by atoms with Crippen LogP contribution in [-0.2, 0) is 18.4 Å². The van der Waals surface area contributed by atoms with Crippen molar-refractivity contribution in [2.75, 3.05) is 19.4 Å². The summed E-state index contributed by atoms with van der Waals surface area (Å²) in [6, 6.07) is 0. The van der Waals surface area contributed by atoms with Crippen LogP contribution < -0.4 is 0 Å². The third-order valence-electron chi connectivity index (χ3n) is 1.40. The maximum Gasteiger partial charge on any atom is 0.331 e. The molecule has 0 aromatic rings. The van der Waals surface area contributed by atoms with E-state index in [-0.39, 0.29) is 18.4 Å². The summed E-state index contributed by atoms with van der Waals surface area (Å²) >= 11 is 0. The molecule has 0 aliphatic carbocycles. The Morgan fingerprint density at radius 1 is 1.45 bits per heavy atom. The quantitative estimate of drug-likeness (QED) is 0.609. The summed E-state index contributed by atoms with van der Waals surface area (Å²) in [5.74, 6) is 0.0133. The minimum atomic E-state index is -2.84. The molecule has 0 spiro atoms. The Labute approximate surface area is 65.4 Å². The van der Waals surface area contributed by atoms with Crippen molar-refractivity contribution in [3.8, 4) is 0 Å². The third-order valence-corrected chi connectivity index (χ3v) is 3.32. The highest BCUT2D eigenvalue weighted by molar-refractivity contribution is 7.54. The van der Waals surface area contributed by atoms with Crippen LogP contribution in [-0.4, -0.2) is 25.2 Å². The van der Waals surface area contributed by atoms with Crippen LogP contribution in [0.4, 0.5) is 0 Å². The summed E-state index contributed by atoms with van der Waals surface area (Å²) in [6.07, 6.45) is 0.500. The largest absolute Gasteiger partial charge is 0.331 e. The van der Waals surface area contributed by atoms with Crippen LogP contribution in [0.25, 0.3) is 0 Å². The van der Waals surface area contributed by atoms with Crippen LogP contribution >= 0.6 is 7.60 Å². The van der Waals surface area contributed by atoms with Crippen LogP contribution in [0.15, 0.2) is 0 Å². The summed E-state index contributed by atoms with van der Waals surface area (Å²) in [6.45, 7) is 2.23. The average Bonchev–Trinajstić information content (AvgIpc) is 2.33. The molecule has 0 N–H and O–H groups in total. The molecule has 4 nitrogen and oxygen atoms in total. The predicted molar refractivity (Wildman–Crippen MR) is 39.7 cm³/mol. The van der Waals surface area contributed by atoms with Gasteiger partial charge in [0, 0.05) is 6.42 Å². The maximum atomic E-state index is 11.3. The van der Waals surface area contributed by atoms with Gasteiger partial charge in [0.2, 0.25) is 0 Å². The smallest absolute Gasteiger partial charge is 0.306 e. The van der Waals surface area contributed by atoms with Gasteiger partial charge in [0.25, 0.3) is 0 Å². The zero-order valence-corrected chi connectivity index (χ0v) is 7.30. The van der Waals surface area contributed by atoms with Crippen LogP contribution in [0.5, 0.6) is 0 Å². The van der Waals surface area contributed by atoms with E-state index >= 15 is 0 Å². The van der Waals surface area contributed by atoms with E-state index in [1.807, 2.05) is 0 Å². The van der Waals surface area contributed by atoms with Gasteiger partial charge in [-0.15, -0.1) is 0 Å². The van der Waals surface area contributed by atoms with Gasteiger partial charge in [-0.25, -0.2) is 0 Å². The lowest BCUT2D eigenvalue weighted by Crippen LogP contribution is -1.96. The molecule has 0 bridgehead atoms. The van der Waals surface area contributed by atoms with Gasteiger partial charge in [-0.1, -0.05) is 0 Å². The number of ketones is 1. The molecule has 0 saturated carbocycles. The first-order valence-electron chi connectivity index (χ1n) is 3.50. The number of rotatable bonds is 3. The van der Waals surface area contributed by atoms with Crippen molar-refractivity contribution in [3.63, 3.8) is 0 Å². The molecule has 1 saturated heterocycles. The van der Waals surface area contributed by atoms with Gasteiger partial charge in [-0.3, -0.25) is 4.57 Å². The molecule has 1 fully saturated rings. The van der Waals surface area contributed by atoms with Gasteiger partial charge in [0.1, 0.15) is 5.78 Å². The van der Waals surface area contributed by atoms with E-state index in [0.29, 0.717) is 13.2 Å². The SMILES string of the molecule is CC(=O)CCP1(=O)OCCO1. The van der Waals surface area contributed by atoms with Crippen molar-refractivity contribution >= 4 is 13.4 Å². The normalized spacial score (nSPS) is 21.9. The van der Waals surface area contributed by atoms with Gasteiger partial charge in [0.15, 0.2) is 0 Å². The second-order valence-corrected chi connectivity index (χ2v) is 4.64. The van der Waals surface area contributed by atoms with Gasteiger partial charge in [-0.05, 0) is 6.92 Å². The van der Waals surface area contributed by atoms with Gasteiger partial charge < -0.3 is 13.8 Å². The summed E-state index contributed by atoms with van der Waals surface area (Å²) < 4.78 is 21.1. The number of hydrogen-bond donors (Lipinski definition) is 0. The van der Waals surface area contributed by atoms with E-state index in [1.54, 1.807) is 0 Å². The third kappa shape index (κ3) is 2.73. The first-order chi connectivity index (χ1) is 5.12. The Morgan fingerprint density at radius 3 is 2.45 bits per heavy atom. The van der Waals surface area contributed by atoms with E-state index in [4.69, 9.17) is 9.05 Å². The zero-order chi connectivity index (χ0) is 8.32. The van der Waals surface area contributed by atoms with Gasteiger partial charge in [0.05, 0.1) is 19.4 Å². The predicted octanol–water partition coefficient (Wildman–Crippen LogP) is 1.21. The molecule has 1 rings (SSSR count). The molecule has 0 aromatic heterocycles. The topological polar surface area (TPSA) is 52.6 Å². The minimum Gasteiger partial charge on any atom is -0.306 e. The molecule has 1 aliphatic rings. The molecule has 1 aliphatic heterocycles. The van der Waals surface area contributed by atoms with Crippen molar-refractivity contribution in [3.05, 3.63) is 0 Å². The minimum absolute atomic E-state index is 0.0133. The Bertz CT molecular complexity index is 191. The lowest BCUT2D eigenvalue weighted by molar-refractivity contribution is -0.116. The molecule has 1 heterocycles. The van der Waals surface area contributed by atoms with E-state index in [1.165, 1.54) is 6.92 Å². The van der Waals surface area contributed by atoms with E-state index in [9.17, 15) is 9.36 Å². The lowest BCUT2D eigenvalue weighted by atomic mass is 10.4. The van der Waals surface area contributed by atoms with E-state index in [0.717, 1.165) is 0 Å². The molecule has 5 heteroatoms. The maximum absolute atomic E-state index is 11.3. The summed E-state index contributed by atoms with van der Waals surface area (Å²) in [7, 11) is -2.84. The first-order valence-corrected chi connectivity index (χ1v) is 5.23. The molecular formula is C6H11O4P. The highest BCUT2D eigenvalue weighted by Gasteiger charge is 2.29. The van der Waals surface area contributed by atoms with Crippen molar-refractivity contribution in [2.45, 2.75) is 13.3 Å². The standard InChI is InChI=1S/C6H11O4P/c1-6(7)2-5-11(8)9-3-4-10-11/h2-5H2,1H3. The molecule has 0 atom stereocenters. The molecule has 0 unspecified atom stereocenters. The van der Waals surface area contributed by atoms with Crippen LogP contribution in [0.1, 0.15) is 13.3 Å². The molecule has 0 radical (unpaired) electrons. The van der Waals surface area contributed by atoms with E-state index < -0.39 is 7.60 Å². The number of carbonyl (C=O) groups excluding carboxylic acids is 1.